The summed E-state index contributed by atoms with van der Waals surface area (Å²) in [6.45, 7) is 4.95. The van der Waals surface area contributed by atoms with Crippen molar-refractivity contribution in [3.63, 3.8) is 0 Å². The van der Waals surface area contributed by atoms with E-state index in [-0.39, 0.29) is 18.5 Å². The van der Waals surface area contributed by atoms with Gasteiger partial charge in [0.05, 0.1) is 25.4 Å². The van der Waals surface area contributed by atoms with Crippen LogP contribution >= 0.6 is 0 Å². The number of ether oxygens (including phenoxy) is 1. The Balaban J connectivity index is 3.45. The maximum atomic E-state index is 12.5. The summed E-state index contributed by atoms with van der Waals surface area (Å²) in [6, 6.07) is -0.549. The van der Waals surface area contributed by atoms with E-state index in [0.29, 0.717) is 25.9 Å². The van der Waals surface area contributed by atoms with Crippen LogP contribution in [0.1, 0.15) is 316 Å². The molecule has 0 aliphatic carbocycles. The number of esters is 1. The van der Waals surface area contributed by atoms with E-state index in [1.165, 1.54) is 231 Å². The van der Waals surface area contributed by atoms with Crippen LogP contribution in [0, 0.1) is 0 Å². The smallest absolute Gasteiger partial charge is 0.305 e. The Morgan fingerprint density at radius 1 is 0.429 bits per heavy atom. The van der Waals surface area contributed by atoms with E-state index in [2.05, 4.69) is 31.3 Å². The van der Waals surface area contributed by atoms with Crippen LogP contribution in [0.4, 0.5) is 0 Å². The van der Waals surface area contributed by atoms with Crippen molar-refractivity contribution in [3.8, 4) is 0 Å². The van der Waals surface area contributed by atoms with Gasteiger partial charge in [-0.15, -0.1) is 0 Å². The monoisotopic (exact) mass is 890 g/mol. The van der Waals surface area contributed by atoms with Crippen molar-refractivity contribution in [1.29, 1.82) is 0 Å². The lowest BCUT2D eigenvalue weighted by atomic mass is 10.0. The van der Waals surface area contributed by atoms with Crippen molar-refractivity contribution in [2.24, 2.45) is 0 Å². The fraction of sp³-hybridized carbons (Fsp3) is 0.930. The highest BCUT2D eigenvalue weighted by molar-refractivity contribution is 5.76. The van der Waals surface area contributed by atoms with Crippen LogP contribution in [0.25, 0.3) is 0 Å². The lowest BCUT2D eigenvalue weighted by Gasteiger charge is -2.22. The van der Waals surface area contributed by atoms with Gasteiger partial charge in [-0.2, -0.15) is 0 Å². The first-order valence-corrected chi connectivity index (χ1v) is 28.4. The second kappa shape index (κ2) is 53.2. The molecule has 2 atom stereocenters. The summed E-state index contributed by atoms with van der Waals surface area (Å²) >= 11 is 0. The Morgan fingerprint density at radius 2 is 0.746 bits per heavy atom. The molecule has 374 valence electrons. The molecule has 0 rings (SSSR count). The van der Waals surface area contributed by atoms with Crippen LogP contribution in [0.15, 0.2) is 12.2 Å². The molecule has 1 amide bonds. The van der Waals surface area contributed by atoms with Gasteiger partial charge in [0, 0.05) is 12.8 Å². The zero-order valence-corrected chi connectivity index (χ0v) is 42.6. The van der Waals surface area contributed by atoms with Crippen LogP contribution in [-0.4, -0.2) is 47.4 Å². The number of carbonyl (C=O) groups excluding carboxylic acids is 2. The van der Waals surface area contributed by atoms with Gasteiger partial charge in [0.25, 0.3) is 0 Å². The molecule has 0 aromatic heterocycles. The Bertz CT molecular complexity index is 939. The van der Waals surface area contributed by atoms with E-state index < -0.39 is 12.1 Å². The number of aliphatic hydroxyl groups is 2. The predicted octanol–water partition coefficient (Wildman–Crippen LogP) is 17.3. The molecule has 63 heavy (non-hydrogen) atoms. The fourth-order valence-corrected chi connectivity index (χ4v) is 8.93. The molecule has 0 saturated carbocycles. The molecule has 0 bridgehead atoms. The summed E-state index contributed by atoms with van der Waals surface area (Å²) in [7, 11) is 0. The van der Waals surface area contributed by atoms with Crippen LogP contribution < -0.4 is 5.32 Å². The third-order valence-electron chi connectivity index (χ3n) is 13.3. The van der Waals surface area contributed by atoms with Crippen molar-refractivity contribution < 1.29 is 24.5 Å². The van der Waals surface area contributed by atoms with Gasteiger partial charge in [0.1, 0.15) is 0 Å². The summed E-state index contributed by atoms with van der Waals surface area (Å²) in [5.41, 5.74) is 0. The number of carbonyl (C=O) groups is 2. The molecule has 0 saturated heterocycles. The van der Waals surface area contributed by atoms with Crippen molar-refractivity contribution in [2.75, 3.05) is 13.2 Å². The Hall–Kier alpha value is -1.40. The Morgan fingerprint density at radius 3 is 1.13 bits per heavy atom. The van der Waals surface area contributed by atoms with E-state index in [1.54, 1.807) is 0 Å². The minimum absolute atomic E-state index is 0.000240. The van der Waals surface area contributed by atoms with Gasteiger partial charge in [-0.3, -0.25) is 9.59 Å². The molecular formula is C57H111NO5. The highest BCUT2D eigenvalue weighted by Gasteiger charge is 2.20. The number of unbranched alkanes of at least 4 members (excludes halogenated alkanes) is 40. The normalized spacial score (nSPS) is 12.6. The molecule has 0 fully saturated rings. The van der Waals surface area contributed by atoms with Crippen molar-refractivity contribution in [1.82, 2.24) is 5.32 Å². The van der Waals surface area contributed by atoms with E-state index >= 15 is 0 Å². The molecular weight excluding hydrogens is 779 g/mol. The van der Waals surface area contributed by atoms with Crippen LogP contribution in [0.5, 0.6) is 0 Å². The molecule has 0 aromatic rings. The second-order valence-corrected chi connectivity index (χ2v) is 19.6. The second-order valence-electron chi connectivity index (χ2n) is 19.6. The number of aliphatic hydroxyl groups excluding tert-OH is 2. The summed E-state index contributed by atoms with van der Waals surface area (Å²) < 4.78 is 5.46. The maximum Gasteiger partial charge on any atom is 0.305 e. The van der Waals surface area contributed by atoms with Crippen LogP contribution in [0.2, 0.25) is 0 Å². The minimum atomic E-state index is -0.671. The molecule has 6 heteroatoms. The maximum absolute atomic E-state index is 12.5. The summed E-state index contributed by atoms with van der Waals surface area (Å²) in [4.78, 5) is 24.5. The number of nitrogens with one attached hydrogen (secondary N) is 1. The molecule has 0 spiro atoms. The number of rotatable bonds is 53. The Kier molecular flexibility index (Phi) is 52.0. The molecule has 6 nitrogen and oxygen atoms in total. The van der Waals surface area contributed by atoms with Crippen LogP contribution in [0.3, 0.4) is 0 Å². The zero-order valence-electron chi connectivity index (χ0n) is 42.6. The molecule has 0 radical (unpaired) electrons. The van der Waals surface area contributed by atoms with E-state index in [9.17, 15) is 19.8 Å². The Labute approximate surface area is 393 Å². The molecule has 0 aliphatic rings. The lowest BCUT2D eigenvalue weighted by molar-refractivity contribution is -0.143. The van der Waals surface area contributed by atoms with Gasteiger partial charge in [-0.25, -0.2) is 0 Å². The lowest BCUT2D eigenvalue weighted by Crippen LogP contribution is -2.45. The molecule has 0 aromatic carbocycles. The SMILES string of the molecule is CCCCCCCCCCCCCCCCCCC(O)C(CO)NC(=O)CCCCCCCCC/C=C\CCCCCCCCOC(=O)CCCCCCCCCCCCCCC. The number of amides is 1. The summed E-state index contributed by atoms with van der Waals surface area (Å²) in [5, 5.41) is 23.3. The first-order valence-electron chi connectivity index (χ1n) is 28.4. The van der Waals surface area contributed by atoms with Gasteiger partial charge >= 0.3 is 5.97 Å². The highest BCUT2D eigenvalue weighted by Crippen LogP contribution is 2.17. The first kappa shape index (κ1) is 61.6. The standard InChI is InChI=1S/C57H111NO5/c1-3-5-7-9-11-13-15-17-18-22-26-29-33-37-41-45-49-55(60)54(53-59)58-56(61)50-46-42-38-34-30-27-23-20-19-21-24-28-32-36-40-44-48-52-63-57(62)51-47-43-39-35-31-25-16-14-12-10-8-6-4-2/h19,21,54-55,59-60H,3-18,20,22-53H2,1-2H3,(H,58,61)/b21-19-. The minimum Gasteiger partial charge on any atom is -0.466 e. The average Bonchev–Trinajstić information content (AvgIpc) is 3.28. The largest absolute Gasteiger partial charge is 0.466 e. The quantitative estimate of drug-likeness (QED) is 0.0321. The molecule has 2 unspecified atom stereocenters. The van der Waals surface area contributed by atoms with Gasteiger partial charge in [-0.1, -0.05) is 264 Å². The zero-order chi connectivity index (χ0) is 45.8. The van der Waals surface area contributed by atoms with Gasteiger partial charge in [-0.05, 0) is 51.4 Å². The number of allylic oxidation sites excluding steroid dienone is 2. The third kappa shape index (κ3) is 49.9. The average molecular weight is 891 g/mol. The summed E-state index contributed by atoms with van der Waals surface area (Å²) in [5.74, 6) is -0.0446. The molecule has 3 N–H and O–H groups in total. The van der Waals surface area contributed by atoms with E-state index in [1.807, 2.05) is 0 Å². The van der Waals surface area contributed by atoms with Gasteiger partial charge in [0.15, 0.2) is 0 Å². The first-order chi connectivity index (χ1) is 31.0. The predicted molar refractivity (Wildman–Crippen MR) is 273 cm³/mol. The van der Waals surface area contributed by atoms with Crippen LogP contribution in [-0.2, 0) is 14.3 Å². The number of hydrogen-bond acceptors (Lipinski definition) is 5. The molecule has 0 aliphatic heterocycles. The van der Waals surface area contributed by atoms with E-state index in [0.717, 1.165) is 51.4 Å². The van der Waals surface area contributed by atoms with Gasteiger partial charge < -0.3 is 20.3 Å². The van der Waals surface area contributed by atoms with Crippen molar-refractivity contribution in [3.05, 3.63) is 12.2 Å². The fourth-order valence-electron chi connectivity index (χ4n) is 8.93. The third-order valence-corrected chi connectivity index (χ3v) is 13.3. The number of hydrogen-bond donors (Lipinski definition) is 3. The van der Waals surface area contributed by atoms with E-state index in [4.69, 9.17) is 4.74 Å². The topological polar surface area (TPSA) is 95.9 Å². The van der Waals surface area contributed by atoms with Crippen molar-refractivity contribution in [2.45, 2.75) is 328 Å². The van der Waals surface area contributed by atoms with Crippen molar-refractivity contribution >= 4 is 11.9 Å². The summed E-state index contributed by atoms with van der Waals surface area (Å²) in [6.07, 6.45) is 61.9. The van der Waals surface area contributed by atoms with Gasteiger partial charge in [0.2, 0.25) is 5.91 Å². The molecule has 0 heterocycles. The highest BCUT2D eigenvalue weighted by atomic mass is 16.5.